The summed E-state index contributed by atoms with van der Waals surface area (Å²) in [5.74, 6) is -1.53. The summed E-state index contributed by atoms with van der Waals surface area (Å²) < 4.78 is 22.6. The molecule has 3 N–H and O–H groups in total. The average molecular weight is 285 g/mol. The number of sulfone groups is 1. The summed E-state index contributed by atoms with van der Waals surface area (Å²) in [6.07, 6.45) is -1.14. The molecule has 1 rings (SSSR count). The smallest absolute Gasteiger partial charge is 0.177 e. The molecule has 0 aliphatic heterocycles. The van der Waals surface area contributed by atoms with Gasteiger partial charge in [0, 0.05) is 11.8 Å². The van der Waals surface area contributed by atoms with Gasteiger partial charge in [0.25, 0.3) is 0 Å². The lowest BCUT2D eigenvalue weighted by Gasteiger charge is -2.17. The Morgan fingerprint density at radius 3 is 2.42 bits per heavy atom. The summed E-state index contributed by atoms with van der Waals surface area (Å²) in [6, 6.07) is 8.38. The fourth-order valence-electron chi connectivity index (χ4n) is 1.64. The van der Waals surface area contributed by atoms with Gasteiger partial charge >= 0.3 is 0 Å². The molecule has 0 aromatic heterocycles. The second kappa shape index (κ2) is 6.79. The van der Waals surface area contributed by atoms with Crippen LogP contribution in [0.5, 0.6) is 0 Å². The lowest BCUT2D eigenvalue weighted by Crippen LogP contribution is -2.44. The van der Waals surface area contributed by atoms with Crippen LogP contribution in [0.25, 0.3) is 0 Å². The van der Waals surface area contributed by atoms with E-state index >= 15 is 0 Å². The molecule has 0 aliphatic carbocycles. The van der Waals surface area contributed by atoms with Gasteiger partial charge in [0.05, 0.1) is 0 Å². The monoisotopic (exact) mass is 285 g/mol. The van der Waals surface area contributed by atoms with Gasteiger partial charge in [0.15, 0.2) is 15.6 Å². The number of hydrogen-bond acceptors (Lipinski definition) is 5. The predicted octanol–water partition coefficient (Wildman–Crippen LogP) is -0.0789. The quantitative estimate of drug-likeness (QED) is 0.730. The van der Waals surface area contributed by atoms with Gasteiger partial charge in [0.2, 0.25) is 0 Å². The van der Waals surface area contributed by atoms with Gasteiger partial charge in [-0.2, -0.15) is 0 Å². The van der Waals surface area contributed by atoms with Gasteiger partial charge in [-0.3, -0.25) is 4.79 Å². The molecular formula is C13H19NO4S. The van der Waals surface area contributed by atoms with E-state index in [0.29, 0.717) is 6.42 Å². The highest BCUT2D eigenvalue weighted by atomic mass is 32.2. The first kappa shape index (κ1) is 15.8. The lowest BCUT2D eigenvalue weighted by molar-refractivity contribution is -0.125. The molecule has 2 atom stereocenters. The van der Waals surface area contributed by atoms with Crippen molar-refractivity contribution in [3.63, 3.8) is 0 Å². The predicted molar refractivity (Wildman–Crippen MR) is 73.5 cm³/mol. The maximum atomic E-state index is 11.6. The molecule has 106 valence electrons. The fraction of sp³-hybridized carbons (Fsp3) is 0.462. The van der Waals surface area contributed by atoms with E-state index in [0.717, 1.165) is 5.56 Å². The normalized spacial score (nSPS) is 14.9. The molecule has 2 unspecified atom stereocenters. The van der Waals surface area contributed by atoms with Crippen LogP contribution in [-0.4, -0.2) is 43.0 Å². The Hall–Kier alpha value is -1.24. The van der Waals surface area contributed by atoms with Crippen molar-refractivity contribution >= 4 is 15.6 Å². The van der Waals surface area contributed by atoms with Crippen molar-refractivity contribution < 1.29 is 18.3 Å². The summed E-state index contributed by atoms with van der Waals surface area (Å²) in [7, 11) is -3.44. The molecule has 0 radical (unpaired) electrons. The standard InChI is InChI=1S/C13H19NO4S/c1-2-19(17,18)9-12(15)13(16)11(14)8-10-6-4-3-5-7-10/h3-7,11,13,16H,2,8-9,14H2,1H3. The van der Waals surface area contributed by atoms with E-state index in [4.69, 9.17) is 5.73 Å². The van der Waals surface area contributed by atoms with Crippen molar-refractivity contribution in [1.82, 2.24) is 0 Å². The van der Waals surface area contributed by atoms with E-state index in [2.05, 4.69) is 0 Å². The summed E-state index contributed by atoms with van der Waals surface area (Å²) in [6.45, 7) is 1.46. The Morgan fingerprint density at radius 1 is 1.32 bits per heavy atom. The summed E-state index contributed by atoms with van der Waals surface area (Å²) in [5, 5.41) is 9.77. The first-order chi connectivity index (χ1) is 8.85. The first-order valence-corrected chi connectivity index (χ1v) is 7.88. The Balaban J connectivity index is 2.62. The van der Waals surface area contributed by atoms with Gasteiger partial charge in [-0.15, -0.1) is 0 Å². The van der Waals surface area contributed by atoms with Crippen LogP contribution in [0.4, 0.5) is 0 Å². The van der Waals surface area contributed by atoms with Crippen LogP contribution >= 0.6 is 0 Å². The third kappa shape index (κ3) is 5.10. The van der Waals surface area contributed by atoms with Crippen LogP contribution in [0.1, 0.15) is 12.5 Å². The molecule has 19 heavy (non-hydrogen) atoms. The zero-order valence-electron chi connectivity index (χ0n) is 10.8. The zero-order valence-corrected chi connectivity index (χ0v) is 11.6. The molecule has 0 heterocycles. The molecule has 0 fully saturated rings. The van der Waals surface area contributed by atoms with Gasteiger partial charge in [-0.25, -0.2) is 8.42 Å². The van der Waals surface area contributed by atoms with Gasteiger partial charge in [-0.1, -0.05) is 37.3 Å². The van der Waals surface area contributed by atoms with E-state index in [-0.39, 0.29) is 5.75 Å². The van der Waals surface area contributed by atoms with E-state index in [1.807, 2.05) is 30.3 Å². The third-order valence-electron chi connectivity index (χ3n) is 2.85. The summed E-state index contributed by atoms with van der Waals surface area (Å²) >= 11 is 0. The van der Waals surface area contributed by atoms with E-state index in [1.54, 1.807) is 0 Å². The van der Waals surface area contributed by atoms with Crippen molar-refractivity contribution in [2.75, 3.05) is 11.5 Å². The lowest BCUT2D eigenvalue weighted by atomic mass is 10.0. The summed E-state index contributed by atoms with van der Waals surface area (Å²) in [5.41, 5.74) is 6.63. The molecule has 0 saturated heterocycles. The van der Waals surface area contributed by atoms with Crippen LogP contribution in [0.15, 0.2) is 30.3 Å². The highest BCUT2D eigenvalue weighted by Gasteiger charge is 2.26. The Morgan fingerprint density at radius 2 is 1.89 bits per heavy atom. The number of benzene rings is 1. The maximum Gasteiger partial charge on any atom is 0.177 e. The molecule has 0 bridgehead atoms. The molecule has 1 aromatic rings. The van der Waals surface area contributed by atoms with Crippen LogP contribution in [0, 0.1) is 0 Å². The van der Waals surface area contributed by atoms with Crippen LogP contribution in [-0.2, 0) is 21.1 Å². The molecule has 0 spiro atoms. The minimum atomic E-state index is -3.44. The molecule has 0 aliphatic rings. The van der Waals surface area contributed by atoms with Gasteiger partial charge in [-0.05, 0) is 12.0 Å². The molecule has 1 aromatic carbocycles. The van der Waals surface area contributed by atoms with Crippen molar-refractivity contribution in [2.24, 2.45) is 5.73 Å². The highest BCUT2D eigenvalue weighted by molar-refractivity contribution is 7.92. The number of aliphatic hydroxyl groups excluding tert-OH is 1. The number of Topliss-reactive ketones (excluding diaryl/α,β-unsaturated/α-hetero) is 1. The van der Waals surface area contributed by atoms with Crippen LogP contribution in [0.2, 0.25) is 0 Å². The van der Waals surface area contributed by atoms with E-state index in [9.17, 15) is 18.3 Å². The number of carbonyl (C=O) groups is 1. The largest absolute Gasteiger partial charge is 0.384 e. The number of carbonyl (C=O) groups excluding carboxylic acids is 1. The molecular weight excluding hydrogens is 266 g/mol. The molecule has 0 amide bonds. The second-order valence-corrected chi connectivity index (χ2v) is 6.79. The number of rotatable bonds is 7. The van der Waals surface area contributed by atoms with Crippen molar-refractivity contribution in [3.8, 4) is 0 Å². The number of hydrogen-bond donors (Lipinski definition) is 2. The van der Waals surface area contributed by atoms with Crippen molar-refractivity contribution in [2.45, 2.75) is 25.5 Å². The van der Waals surface area contributed by atoms with Crippen molar-refractivity contribution in [1.29, 1.82) is 0 Å². The number of nitrogens with two attached hydrogens (primary N) is 1. The Bertz CT molecular complexity index is 513. The Kier molecular flexibility index (Phi) is 5.65. The van der Waals surface area contributed by atoms with E-state index < -0.39 is 33.5 Å². The minimum absolute atomic E-state index is 0.126. The van der Waals surface area contributed by atoms with Crippen molar-refractivity contribution in [3.05, 3.63) is 35.9 Å². The fourth-order valence-corrected chi connectivity index (χ4v) is 2.45. The van der Waals surface area contributed by atoms with Crippen LogP contribution in [0.3, 0.4) is 0 Å². The maximum absolute atomic E-state index is 11.6. The second-order valence-electron chi connectivity index (χ2n) is 4.44. The first-order valence-electron chi connectivity index (χ1n) is 6.06. The number of ketones is 1. The van der Waals surface area contributed by atoms with Gasteiger partial charge < -0.3 is 10.8 Å². The van der Waals surface area contributed by atoms with Gasteiger partial charge in [0.1, 0.15) is 11.9 Å². The molecule has 0 saturated carbocycles. The Labute approximate surface area is 113 Å². The highest BCUT2D eigenvalue weighted by Crippen LogP contribution is 2.06. The topological polar surface area (TPSA) is 97.5 Å². The third-order valence-corrected chi connectivity index (χ3v) is 4.46. The number of aliphatic hydroxyl groups is 1. The molecule has 5 nitrogen and oxygen atoms in total. The average Bonchev–Trinajstić information content (AvgIpc) is 2.38. The zero-order chi connectivity index (χ0) is 14.5. The minimum Gasteiger partial charge on any atom is -0.384 e. The molecule has 6 heteroatoms. The summed E-state index contributed by atoms with van der Waals surface area (Å²) in [4.78, 5) is 11.6. The SMILES string of the molecule is CCS(=O)(=O)CC(=O)C(O)C(N)Cc1ccccc1. The van der Waals surface area contributed by atoms with Crippen LogP contribution < -0.4 is 5.73 Å². The van der Waals surface area contributed by atoms with E-state index in [1.165, 1.54) is 6.92 Å².